The number of hydrogen-bond donors (Lipinski definition) is 1. The monoisotopic (exact) mass is 289 g/mol. The summed E-state index contributed by atoms with van der Waals surface area (Å²) in [5, 5.41) is 0.606. The van der Waals surface area contributed by atoms with Crippen LogP contribution in [0.4, 0.5) is 5.69 Å². The first-order valence-electron chi connectivity index (χ1n) is 6.42. The smallest absolute Gasteiger partial charge is 0.203 e. The molecule has 3 nitrogen and oxygen atoms in total. The standard InChI is InChI=1S/C16H16ClNO2/c1-2-15(20-14-9-7-13(18)8-10-14)16(19)11-3-5-12(17)6-4-11/h3-10,15H,2,18H2,1H3. The maximum atomic E-state index is 12.4. The van der Waals surface area contributed by atoms with Crippen LogP contribution in [0.15, 0.2) is 48.5 Å². The molecule has 0 aliphatic carbocycles. The van der Waals surface area contributed by atoms with E-state index in [1.807, 2.05) is 6.92 Å². The molecule has 0 amide bonds. The average molecular weight is 290 g/mol. The van der Waals surface area contributed by atoms with E-state index in [0.29, 0.717) is 28.4 Å². The van der Waals surface area contributed by atoms with E-state index in [2.05, 4.69) is 0 Å². The topological polar surface area (TPSA) is 52.3 Å². The number of carbonyl (C=O) groups excluding carboxylic acids is 1. The van der Waals surface area contributed by atoms with Crippen LogP contribution < -0.4 is 10.5 Å². The third-order valence-corrected chi connectivity index (χ3v) is 3.20. The number of nitrogens with two attached hydrogens (primary N) is 1. The van der Waals surface area contributed by atoms with Crippen LogP contribution in [0.2, 0.25) is 5.02 Å². The Kier molecular flexibility index (Phi) is 4.64. The van der Waals surface area contributed by atoms with Crippen LogP contribution in [0.25, 0.3) is 0 Å². The number of carbonyl (C=O) groups is 1. The predicted molar refractivity (Wildman–Crippen MR) is 81.3 cm³/mol. The molecule has 4 heteroatoms. The highest BCUT2D eigenvalue weighted by Gasteiger charge is 2.20. The molecule has 2 N–H and O–H groups in total. The van der Waals surface area contributed by atoms with Crippen LogP contribution in [-0.4, -0.2) is 11.9 Å². The molecule has 0 aliphatic heterocycles. The average Bonchev–Trinajstić information content (AvgIpc) is 2.47. The van der Waals surface area contributed by atoms with Crippen LogP contribution in [0.5, 0.6) is 5.75 Å². The summed E-state index contributed by atoms with van der Waals surface area (Å²) in [6.45, 7) is 1.91. The lowest BCUT2D eigenvalue weighted by Gasteiger charge is -2.16. The molecule has 0 saturated carbocycles. The first kappa shape index (κ1) is 14.4. The summed E-state index contributed by atoms with van der Waals surface area (Å²) in [4.78, 5) is 12.4. The van der Waals surface area contributed by atoms with Crippen LogP contribution in [0.1, 0.15) is 23.7 Å². The molecule has 2 aromatic rings. The van der Waals surface area contributed by atoms with Crippen molar-refractivity contribution in [2.45, 2.75) is 19.4 Å². The molecule has 1 atom stereocenters. The van der Waals surface area contributed by atoms with Crippen LogP contribution in [0, 0.1) is 0 Å². The van der Waals surface area contributed by atoms with Gasteiger partial charge in [0, 0.05) is 16.3 Å². The van der Waals surface area contributed by atoms with Gasteiger partial charge >= 0.3 is 0 Å². The Bertz CT molecular complexity index is 578. The van der Waals surface area contributed by atoms with Crippen molar-refractivity contribution in [1.29, 1.82) is 0 Å². The molecule has 0 aromatic heterocycles. The van der Waals surface area contributed by atoms with Gasteiger partial charge in [-0.05, 0) is 55.0 Å². The fourth-order valence-corrected chi connectivity index (χ4v) is 1.96. The summed E-state index contributed by atoms with van der Waals surface area (Å²) >= 11 is 5.82. The Morgan fingerprint density at radius 1 is 1.15 bits per heavy atom. The van der Waals surface area contributed by atoms with Gasteiger partial charge in [0.05, 0.1) is 0 Å². The number of halogens is 1. The van der Waals surface area contributed by atoms with Gasteiger partial charge in [0.15, 0.2) is 6.10 Å². The fourth-order valence-electron chi connectivity index (χ4n) is 1.83. The number of benzene rings is 2. The summed E-state index contributed by atoms with van der Waals surface area (Å²) in [5.41, 5.74) is 6.88. The maximum Gasteiger partial charge on any atom is 0.203 e. The van der Waals surface area contributed by atoms with Crippen molar-refractivity contribution >= 4 is 23.1 Å². The molecular weight excluding hydrogens is 274 g/mol. The zero-order valence-corrected chi connectivity index (χ0v) is 11.9. The van der Waals surface area contributed by atoms with Crippen molar-refractivity contribution in [1.82, 2.24) is 0 Å². The number of anilines is 1. The molecule has 0 aliphatic rings. The van der Waals surface area contributed by atoms with Crippen molar-refractivity contribution in [2.75, 3.05) is 5.73 Å². The summed E-state index contributed by atoms with van der Waals surface area (Å²) in [5.74, 6) is 0.578. The molecule has 2 rings (SSSR count). The Labute approximate surface area is 123 Å². The zero-order valence-electron chi connectivity index (χ0n) is 11.2. The fraction of sp³-hybridized carbons (Fsp3) is 0.188. The van der Waals surface area contributed by atoms with Gasteiger partial charge in [0.25, 0.3) is 0 Å². The summed E-state index contributed by atoms with van der Waals surface area (Å²) < 4.78 is 5.73. The van der Waals surface area contributed by atoms with Crippen molar-refractivity contribution in [3.05, 3.63) is 59.1 Å². The molecule has 0 spiro atoms. The first-order valence-corrected chi connectivity index (χ1v) is 6.80. The minimum absolute atomic E-state index is 0.0546. The molecule has 0 bridgehead atoms. The van der Waals surface area contributed by atoms with E-state index < -0.39 is 6.10 Å². The van der Waals surface area contributed by atoms with Crippen molar-refractivity contribution in [2.24, 2.45) is 0 Å². The van der Waals surface area contributed by atoms with E-state index in [-0.39, 0.29) is 5.78 Å². The van der Waals surface area contributed by atoms with Gasteiger partial charge in [-0.1, -0.05) is 18.5 Å². The maximum absolute atomic E-state index is 12.4. The van der Waals surface area contributed by atoms with Crippen molar-refractivity contribution in [3.63, 3.8) is 0 Å². The molecular formula is C16H16ClNO2. The van der Waals surface area contributed by atoms with Gasteiger partial charge in [-0.3, -0.25) is 4.79 Å². The predicted octanol–water partition coefficient (Wildman–Crippen LogP) is 3.96. The molecule has 0 saturated heterocycles. The van der Waals surface area contributed by atoms with E-state index in [1.54, 1.807) is 48.5 Å². The van der Waals surface area contributed by atoms with E-state index in [4.69, 9.17) is 22.1 Å². The quantitative estimate of drug-likeness (QED) is 0.669. The van der Waals surface area contributed by atoms with E-state index in [9.17, 15) is 4.79 Å². The first-order chi connectivity index (χ1) is 9.60. The van der Waals surface area contributed by atoms with Gasteiger partial charge in [-0.2, -0.15) is 0 Å². The summed E-state index contributed by atoms with van der Waals surface area (Å²) in [6.07, 6.45) is 0.0750. The number of rotatable bonds is 5. The lowest BCUT2D eigenvalue weighted by atomic mass is 10.0. The summed E-state index contributed by atoms with van der Waals surface area (Å²) in [6, 6.07) is 13.8. The Balaban J connectivity index is 2.13. The lowest BCUT2D eigenvalue weighted by molar-refractivity contribution is 0.0786. The second kappa shape index (κ2) is 6.44. The van der Waals surface area contributed by atoms with Crippen molar-refractivity contribution in [3.8, 4) is 5.75 Å². The van der Waals surface area contributed by atoms with E-state index in [1.165, 1.54) is 0 Å². The minimum Gasteiger partial charge on any atom is -0.482 e. The molecule has 0 radical (unpaired) electrons. The lowest BCUT2D eigenvalue weighted by Crippen LogP contribution is -2.26. The summed E-state index contributed by atoms with van der Waals surface area (Å²) in [7, 11) is 0. The number of Topliss-reactive ketones (excluding diaryl/α,β-unsaturated/α-hetero) is 1. The number of hydrogen-bond acceptors (Lipinski definition) is 3. The third-order valence-electron chi connectivity index (χ3n) is 2.95. The molecule has 0 fully saturated rings. The van der Waals surface area contributed by atoms with E-state index in [0.717, 1.165) is 0 Å². The van der Waals surface area contributed by atoms with Crippen LogP contribution in [-0.2, 0) is 0 Å². The molecule has 0 heterocycles. The van der Waals surface area contributed by atoms with Gasteiger partial charge in [-0.15, -0.1) is 0 Å². The molecule has 2 aromatic carbocycles. The van der Waals surface area contributed by atoms with Gasteiger partial charge < -0.3 is 10.5 Å². The Hall–Kier alpha value is -2.00. The molecule has 20 heavy (non-hydrogen) atoms. The number of ether oxygens (including phenoxy) is 1. The largest absolute Gasteiger partial charge is 0.482 e. The zero-order chi connectivity index (χ0) is 14.5. The number of ketones is 1. The third kappa shape index (κ3) is 3.52. The highest BCUT2D eigenvalue weighted by molar-refractivity contribution is 6.30. The van der Waals surface area contributed by atoms with Gasteiger partial charge in [0.1, 0.15) is 5.75 Å². The Morgan fingerprint density at radius 2 is 1.75 bits per heavy atom. The normalized spacial score (nSPS) is 11.9. The molecule has 1 unspecified atom stereocenters. The van der Waals surface area contributed by atoms with Gasteiger partial charge in [0.2, 0.25) is 5.78 Å². The number of nitrogen functional groups attached to an aromatic ring is 1. The molecule has 104 valence electrons. The minimum atomic E-state index is -0.514. The highest BCUT2D eigenvalue weighted by atomic mass is 35.5. The SMILES string of the molecule is CCC(Oc1ccc(N)cc1)C(=O)c1ccc(Cl)cc1. The van der Waals surface area contributed by atoms with Crippen molar-refractivity contribution < 1.29 is 9.53 Å². The Morgan fingerprint density at radius 3 is 2.30 bits per heavy atom. The van der Waals surface area contributed by atoms with Crippen LogP contribution in [0.3, 0.4) is 0 Å². The van der Waals surface area contributed by atoms with E-state index >= 15 is 0 Å². The second-order valence-corrected chi connectivity index (χ2v) is 4.89. The van der Waals surface area contributed by atoms with Crippen LogP contribution >= 0.6 is 11.6 Å². The van der Waals surface area contributed by atoms with Gasteiger partial charge in [-0.25, -0.2) is 0 Å². The highest BCUT2D eigenvalue weighted by Crippen LogP contribution is 2.19. The second-order valence-electron chi connectivity index (χ2n) is 4.45.